The molecule has 0 radical (unpaired) electrons. The van der Waals surface area contributed by atoms with Gasteiger partial charge in [0, 0.05) is 18.7 Å². The summed E-state index contributed by atoms with van der Waals surface area (Å²) in [5.74, 6) is -0.394. The topological polar surface area (TPSA) is 90.0 Å². The summed E-state index contributed by atoms with van der Waals surface area (Å²) in [4.78, 5) is 23.7. The van der Waals surface area contributed by atoms with Crippen molar-refractivity contribution in [3.05, 3.63) is 59.7 Å². The molecular formula is C21H23NO6S. The lowest BCUT2D eigenvalue weighted by molar-refractivity contribution is -0.0440. The second kappa shape index (κ2) is 8.44. The van der Waals surface area contributed by atoms with Gasteiger partial charge in [0.1, 0.15) is 5.75 Å². The highest BCUT2D eigenvalue weighted by Crippen LogP contribution is 2.22. The summed E-state index contributed by atoms with van der Waals surface area (Å²) in [6.07, 6.45) is -0.366. The van der Waals surface area contributed by atoms with E-state index in [2.05, 4.69) is 0 Å². The third kappa shape index (κ3) is 4.90. The highest BCUT2D eigenvalue weighted by Gasteiger charge is 2.32. The van der Waals surface area contributed by atoms with Crippen molar-refractivity contribution in [3.8, 4) is 5.75 Å². The molecule has 1 fully saturated rings. The molecule has 8 heteroatoms. The molecule has 0 aliphatic carbocycles. The Kier molecular flexibility index (Phi) is 6.16. The van der Waals surface area contributed by atoms with E-state index in [0.717, 1.165) is 0 Å². The molecule has 29 heavy (non-hydrogen) atoms. The molecule has 2 aromatic rings. The number of rotatable bonds is 5. The van der Waals surface area contributed by atoms with Crippen LogP contribution >= 0.6 is 0 Å². The molecule has 2 aromatic carbocycles. The SMILES string of the molecule is CC(=O)c1ccc(OC(=O)c2ccc(S(=O)(=O)N3C[C@@H](C)O[C@H](C)C3)cc2)cc1. The Hall–Kier alpha value is -2.55. The van der Waals surface area contributed by atoms with Crippen molar-refractivity contribution in [2.24, 2.45) is 0 Å². The molecule has 2 atom stereocenters. The van der Waals surface area contributed by atoms with Crippen LogP contribution in [-0.2, 0) is 14.8 Å². The molecule has 0 spiro atoms. The second-order valence-electron chi connectivity index (χ2n) is 7.07. The Morgan fingerprint density at radius 1 is 0.931 bits per heavy atom. The Balaban J connectivity index is 1.72. The van der Waals surface area contributed by atoms with Crippen LogP contribution in [0.5, 0.6) is 5.75 Å². The maximum atomic E-state index is 12.9. The highest BCUT2D eigenvalue weighted by atomic mass is 32.2. The quantitative estimate of drug-likeness (QED) is 0.422. The number of ketones is 1. The van der Waals surface area contributed by atoms with Crippen LogP contribution < -0.4 is 4.74 Å². The molecule has 1 aliphatic rings. The summed E-state index contributed by atoms with van der Waals surface area (Å²) in [6.45, 7) is 5.69. The van der Waals surface area contributed by atoms with Crippen LogP contribution in [-0.4, -0.2) is 49.8 Å². The van der Waals surface area contributed by atoms with Gasteiger partial charge < -0.3 is 9.47 Å². The van der Waals surface area contributed by atoms with Gasteiger partial charge >= 0.3 is 5.97 Å². The molecule has 154 valence electrons. The predicted octanol–water partition coefficient (Wildman–Crippen LogP) is 2.91. The molecule has 1 saturated heterocycles. The van der Waals surface area contributed by atoms with Crippen LogP contribution in [0.25, 0.3) is 0 Å². The van der Waals surface area contributed by atoms with Crippen molar-refractivity contribution in [2.75, 3.05) is 13.1 Å². The fourth-order valence-electron chi connectivity index (χ4n) is 3.16. The number of benzene rings is 2. The number of esters is 1. The number of ether oxygens (including phenoxy) is 2. The summed E-state index contributed by atoms with van der Waals surface area (Å²) in [5, 5.41) is 0. The number of nitrogens with zero attached hydrogens (tertiary/aromatic N) is 1. The van der Waals surface area contributed by atoms with Gasteiger partial charge in [-0.2, -0.15) is 4.31 Å². The zero-order valence-corrected chi connectivity index (χ0v) is 17.3. The summed E-state index contributed by atoms with van der Waals surface area (Å²) >= 11 is 0. The Morgan fingerprint density at radius 3 is 1.97 bits per heavy atom. The molecule has 0 aromatic heterocycles. The Bertz CT molecular complexity index is 988. The van der Waals surface area contributed by atoms with Crippen LogP contribution in [0, 0.1) is 0 Å². The minimum atomic E-state index is -3.67. The smallest absolute Gasteiger partial charge is 0.343 e. The first-order chi connectivity index (χ1) is 13.7. The number of morpholine rings is 1. The summed E-state index contributed by atoms with van der Waals surface area (Å²) in [7, 11) is -3.67. The average Bonchev–Trinajstić information content (AvgIpc) is 2.67. The minimum Gasteiger partial charge on any atom is -0.423 e. The van der Waals surface area contributed by atoms with E-state index in [1.807, 2.05) is 13.8 Å². The minimum absolute atomic E-state index is 0.0799. The van der Waals surface area contributed by atoms with Gasteiger partial charge in [-0.05, 0) is 69.3 Å². The van der Waals surface area contributed by atoms with Crippen LogP contribution in [0.4, 0.5) is 0 Å². The van der Waals surface area contributed by atoms with E-state index in [0.29, 0.717) is 11.3 Å². The third-order valence-electron chi connectivity index (χ3n) is 4.59. The second-order valence-corrected chi connectivity index (χ2v) is 9.01. The summed E-state index contributed by atoms with van der Waals surface area (Å²) in [6, 6.07) is 11.9. The fourth-order valence-corrected chi connectivity index (χ4v) is 4.75. The van der Waals surface area contributed by atoms with Crippen molar-refractivity contribution < 1.29 is 27.5 Å². The molecule has 0 N–H and O–H groups in total. The van der Waals surface area contributed by atoms with E-state index < -0.39 is 16.0 Å². The van der Waals surface area contributed by atoms with E-state index in [-0.39, 0.29) is 41.5 Å². The van der Waals surface area contributed by atoms with Crippen molar-refractivity contribution in [1.82, 2.24) is 4.31 Å². The maximum Gasteiger partial charge on any atom is 0.343 e. The molecule has 0 saturated carbocycles. The zero-order chi connectivity index (χ0) is 21.2. The number of hydrogen-bond donors (Lipinski definition) is 0. The lowest BCUT2D eigenvalue weighted by Gasteiger charge is -2.34. The van der Waals surface area contributed by atoms with E-state index in [4.69, 9.17) is 9.47 Å². The van der Waals surface area contributed by atoms with Crippen molar-refractivity contribution >= 4 is 21.8 Å². The van der Waals surface area contributed by atoms with E-state index in [1.54, 1.807) is 12.1 Å². The van der Waals surface area contributed by atoms with Gasteiger partial charge in [0.25, 0.3) is 0 Å². The molecule has 1 heterocycles. The standard InChI is InChI=1S/C21H23NO6S/c1-14-12-22(13-15(2)27-14)29(25,26)20-10-6-18(7-11-20)21(24)28-19-8-4-17(5-9-19)16(3)23/h4-11,14-15H,12-13H2,1-3H3/t14-,15-/m1/s1. The molecule has 3 rings (SSSR count). The highest BCUT2D eigenvalue weighted by molar-refractivity contribution is 7.89. The van der Waals surface area contributed by atoms with Gasteiger partial charge in [-0.15, -0.1) is 0 Å². The maximum absolute atomic E-state index is 12.9. The number of Topliss-reactive ketones (excluding diaryl/α,β-unsaturated/α-hetero) is 1. The fraction of sp³-hybridized carbons (Fsp3) is 0.333. The third-order valence-corrected chi connectivity index (χ3v) is 6.43. The van der Waals surface area contributed by atoms with E-state index >= 15 is 0 Å². The normalized spacial score (nSPS) is 20.2. The average molecular weight is 417 g/mol. The first-order valence-corrected chi connectivity index (χ1v) is 10.7. The molecule has 0 unspecified atom stereocenters. The lowest BCUT2D eigenvalue weighted by atomic mass is 10.1. The Morgan fingerprint density at radius 2 is 1.45 bits per heavy atom. The Labute approximate surface area is 170 Å². The van der Waals surface area contributed by atoms with Gasteiger partial charge in [0.15, 0.2) is 5.78 Å². The van der Waals surface area contributed by atoms with Crippen LogP contribution in [0.15, 0.2) is 53.4 Å². The summed E-state index contributed by atoms with van der Waals surface area (Å²) < 4.78 is 38.0. The van der Waals surface area contributed by atoms with Crippen LogP contribution in [0.3, 0.4) is 0 Å². The monoisotopic (exact) mass is 417 g/mol. The number of carbonyl (C=O) groups is 2. The van der Waals surface area contributed by atoms with Gasteiger partial charge in [0.2, 0.25) is 10.0 Å². The van der Waals surface area contributed by atoms with Gasteiger partial charge in [0.05, 0.1) is 22.7 Å². The van der Waals surface area contributed by atoms with Crippen molar-refractivity contribution in [2.45, 2.75) is 37.9 Å². The van der Waals surface area contributed by atoms with E-state index in [9.17, 15) is 18.0 Å². The van der Waals surface area contributed by atoms with Crippen molar-refractivity contribution in [3.63, 3.8) is 0 Å². The molecule has 0 bridgehead atoms. The molecule has 1 aliphatic heterocycles. The molecular weight excluding hydrogens is 394 g/mol. The summed E-state index contributed by atoms with van der Waals surface area (Å²) in [5.41, 5.74) is 0.745. The van der Waals surface area contributed by atoms with Gasteiger partial charge in [-0.25, -0.2) is 13.2 Å². The first kappa shape index (κ1) is 21.2. The van der Waals surface area contributed by atoms with Crippen LogP contribution in [0.2, 0.25) is 0 Å². The van der Waals surface area contributed by atoms with Gasteiger partial charge in [-0.1, -0.05) is 0 Å². The molecule has 7 nitrogen and oxygen atoms in total. The van der Waals surface area contributed by atoms with Crippen LogP contribution in [0.1, 0.15) is 41.5 Å². The first-order valence-electron chi connectivity index (χ1n) is 9.25. The number of sulfonamides is 1. The van der Waals surface area contributed by atoms with Crippen molar-refractivity contribution in [1.29, 1.82) is 0 Å². The molecule has 0 amide bonds. The van der Waals surface area contributed by atoms with Gasteiger partial charge in [-0.3, -0.25) is 4.79 Å². The number of hydrogen-bond acceptors (Lipinski definition) is 6. The number of carbonyl (C=O) groups excluding carboxylic acids is 2. The predicted molar refractivity (Wildman–Crippen MR) is 107 cm³/mol. The largest absolute Gasteiger partial charge is 0.423 e. The van der Waals surface area contributed by atoms with E-state index in [1.165, 1.54) is 47.6 Å². The lowest BCUT2D eigenvalue weighted by Crippen LogP contribution is -2.48. The zero-order valence-electron chi connectivity index (χ0n) is 16.5.